The minimum atomic E-state index is -3.68. The van der Waals surface area contributed by atoms with Gasteiger partial charge in [0.2, 0.25) is 0 Å². The lowest BCUT2D eigenvalue weighted by atomic mass is 9.82. The molecule has 1 aromatic carbocycles. The third-order valence-corrected chi connectivity index (χ3v) is 7.06. The van der Waals surface area contributed by atoms with Crippen LogP contribution in [0.2, 0.25) is 0 Å². The fourth-order valence-corrected chi connectivity index (χ4v) is 5.47. The molecule has 1 aliphatic rings. The first-order valence-corrected chi connectivity index (χ1v) is 10.6. The van der Waals surface area contributed by atoms with Gasteiger partial charge in [0, 0.05) is 11.8 Å². The minimum absolute atomic E-state index is 0.0867. The van der Waals surface area contributed by atoms with Crippen LogP contribution in [0.4, 0.5) is 0 Å². The average molecular weight is 379 g/mol. The molecule has 0 aromatic heterocycles. The number of rotatable bonds is 4. The lowest BCUT2D eigenvalue weighted by Crippen LogP contribution is -2.35. The number of sulfone groups is 1. The van der Waals surface area contributed by atoms with Gasteiger partial charge in [-0.15, -0.1) is 0 Å². The fourth-order valence-electron chi connectivity index (χ4n) is 3.22. The normalized spacial score (nSPS) is 19.3. The third-order valence-electron chi connectivity index (χ3n) is 4.42. The highest BCUT2D eigenvalue weighted by Gasteiger charge is 2.43. The fraction of sp³-hybridized carbons (Fsp3) is 0.533. The Morgan fingerprint density at radius 1 is 1.26 bits per heavy atom. The zero-order valence-electron chi connectivity index (χ0n) is 13.0. The van der Waals surface area contributed by atoms with E-state index in [9.17, 15) is 22.0 Å². The summed E-state index contributed by atoms with van der Waals surface area (Å²) in [5.41, 5.74) is 0.924. The first kappa shape index (κ1) is 18.6. The molecular weight excluding hydrogens is 360 g/mol. The zero-order chi connectivity index (χ0) is 17.4. The van der Waals surface area contributed by atoms with E-state index < -0.39 is 30.9 Å². The molecule has 2 rings (SSSR count). The summed E-state index contributed by atoms with van der Waals surface area (Å²) in [4.78, 5) is 11.4. The van der Waals surface area contributed by atoms with Crippen LogP contribution in [0.15, 0.2) is 17.0 Å². The van der Waals surface area contributed by atoms with E-state index in [2.05, 4.69) is 0 Å². The van der Waals surface area contributed by atoms with E-state index in [1.807, 2.05) is 0 Å². The van der Waals surface area contributed by atoms with E-state index >= 15 is 0 Å². The van der Waals surface area contributed by atoms with Crippen molar-refractivity contribution in [1.29, 1.82) is 0 Å². The topological polar surface area (TPSA) is 88.5 Å². The van der Waals surface area contributed by atoms with Gasteiger partial charge in [0.1, 0.15) is 0 Å². The molecule has 1 fully saturated rings. The predicted molar refractivity (Wildman–Crippen MR) is 90.0 cm³/mol. The monoisotopic (exact) mass is 378 g/mol. The van der Waals surface area contributed by atoms with Gasteiger partial charge in [-0.1, -0.05) is 25.3 Å². The Labute approximate surface area is 143 Å². The van der Waals surface area contributed by atoms with E-state index in [0.29, 0.717) is 24.0 Å². The van der Waals surface area contributed by atoms with Crippen molar-refractivity contribution >= 4 is 37.8 Å². The Balaban J connectivity index is 2.81. The van der Waals surface area contributed by atoms with Crippen molar-refractivity contribution in [3.8, 4) is 0 Å². The molecule has 0 aliphatic heterocycles. The Kier molecular flexibility index (Phi) is 5.35. The highest BCUT2D eigenvalue weighted by molar-refractivity contribution is 7.90. The van der Waals surface area contributed by atoms with Crippen LogP contribution in [0.3, 0.4) is 0 Å². The van der Waals surface area contributed by atoms with Gasteiger partial charge >= 0.3 is 0 Å². The maximum Gasteiger partial charge on any atom is 0.252 e. The summed E-state index contributed by atoms with van der Waals surface area (Å²) < 4.78 is 45.3. The molecule has 1 saturated carbocycles. The quantitative estimate of drug-likeness (QED) is 0.642. The molecule has 0 saturated heterocycles. The maximum atomic E-state index is 12.2. The predicted octanol–water partition coefficient (Wildman–Crippen LogP) is 3.16. The van der Waals surface area contributed by atoms with Crippen molar-refractivity contribution in [2.75, 3.05) is 6.26 Å². The van der Waals surface area contributed by atoms with Gasteiger partial charge in [0.05, 0.1) is 9.64 Å². The summed E-state index contributed by atoms with van der Waals surface area (Å²) in [6.07, 6.45) is 4.36. The smallest absolute Gasteiger partial charge is 0.252 e. The van der Waals surface area contributed by atoms with E-state index in [1.54, 1.807) is 6.92 Å². The van der Waals surface area contributed by atoms with Gasteiger partial charge in [-0.3, -0.25) is 4.79 Å². The van der Waals surface area contributed by atoms with Crippen LogP contribution in [-0.2, 0) is 25.7 Å². The Morgan fingerprint density at radius 3 is 2.26 bits per heavy atom. The average Bonchev–Trinajstić information content (AvgIpc) is 2.45. The molecule has 5 nitrogen and oxygen atoms in total. The maximum absolute atomic E-state index is 12.2. The molecular formula is C15H19ClO5S2. The van der Waals surface area contributed by atoms with Crippen molar-refractivity contribution in [3.63, 3.8) is 0 Å². The largest absolute Gasteiger partial charge is 0.305 e. The van der Waals surface area contributed by atoms with Crippen LogP contribution < -0.4 is 0 Å². The van der Waals surface area contributed by atoms with E-state index in [4.69, 9.17) is 11.6 Å². The number of halogens is 1. The number of aryl methyl sites for hydroxylation is 1. The third kappa shape index (κ3) is 3.52. The summed E-state index contributed by atoms with van der Waals surface area (Å²) in [5.74, 6) is 0. The van der Waals surface area contributed by atoms with E-state index in [0.717, 1.165) is 25.5 Å². The standard InChI is InChI=1S/C15H19ClO5S2/c1-10-8-12(15(22(18)19)6-4-3-5-7-15)13(23(2,20)21)9-11(10)14(16)17/h8-9H,3-7H2,1-2H3,(H,18,19). The van der Waals surface area contributed by atoms with E-state index in [1.165, 1.54) is 12.1 Å². The summed E-state index contributed by atoms with van der Waals surface area (Å²) in [6, 6.07) is 2.77. The number of carbonyl (C=O) groups is 1. The van der Waals surface area contributed by atoms with Crippen LogP contribution in [-0.4, -0.2) is 28.7 Å². The molecule has 0 radical (unpaired) electrons. The first-order chi connectivity index (χ1) is 10.6. The number of benzene rings is 1. The SMILES string of the molecule is Cc1cc(C2(S(=O)O)CCCCC2)c(S(C)(=O)=O)cc1C(=O)Cl. The molecule has 1 unspecified atom stereocenters. The van der Waals surface area contributed by atoms with Gasteiger partial charge in [-0.25, -0.2) is 12.6 Å². The number of hydrogen-bond acceptors (Lipinski definition) is 4. The van der Waals surface area contributed by atoms with Gasteiger partial charge in [0.25, 0.3) is 5.24 Å². The summed E-state index contributed by atoms with van der Waals surface area (Å²) >= 11 is 3.31. The van der Waals surface area contributed by atoms with Crippen LogP contribution >= 0.6 is 11.6 Å². The molecule has 0 heterocycles. The van der Waals surface area contributed by atoms with Crippen molar-refractivity contribution in [1.82, 2.24) is 0 Å². The molecule has 128 valence electrons. The first-order valence-electron chi connectivity index (χ1n) is 7.25. The van der Waals surface area contributed by atoms with Crippen LogP contribution in [0.5, 0.6) is 0 Å². The molecule has 1 atom stereocenters. The lowest BCUT2D eigenvalue weighted by Gasteiger charge is -2.35. The molecule has 1 aliphatic carbocycles. The molecule has 0 spiro atoms. The van der Waals surface area contributed by atoms with Gasteiger partial charge in [-0.05, 0) is 48.6 Å². The molecule has 1 aromatic rings. The van der Waals surface area contributed by atoms with Gasteiger partial charge in [-0.2, -0.15) is 0 Å². The molecule has 8 heteroatoms. The van der Waals surface area contributed by atoms with Gasteiger partial charge < -0.3 is 4.55 Å². The molecule has 1 N–H and O–H groups in total. The minimum Gasteiger partial charge on any atom is -0.305 e. The highest BCUT2D eigenvalue weighted by atomic mass is 35.5. The molecule has 0 bridgehead atoms. The Bertz CT molecular complexity index is 764. The van der Waals surface area contributed by atoms with Crippen molar-refractivity contribution in [2.24, 2.45) is 0 Å². The van der Waals surface area contributed by atoms with Crippen LogP contribution in [0.25, 0.3) is 0 Å². The zero-order valence-corrected chi connectivity index (χ0v) is 15.4. The highest BCUT2D eigenvalue weighted by Crippen LogP contribution is 2.45. The van der Waals surface area contributed by atoms with Crippen LogP contribution in [0.1, 0.15) is 53.6 Å². The summed E-state index contributed by atoms with van der Waals surface area (Å²) in [7, 11) is -3.68. The van der Waals surface area contributed by atoms with E-state index in [-0.39, 0.29) is 10.5 Å². The lowest BCUT2D eigenvalue weighted by molar-refractivity contribution is 0.108. The summed E-state index contributed by atoms with van der Waals surface area (Å²) in [5, 5.41) is -0.748. The van der Waals surface area contributed by atoms with Crippen molar-refractivity contribution < 1.29 is 22.0 Å². The van der Waals surface area contributed by atoms with Crippen molar-refractivity contribution in [2.45, 2.75) is 48.7 Å². The second-order valence-electron chi connectivity index (χ2n) is 6.01. The van der Waals surface area contributed by atoms with Crippen LogP contribution in [0, 0.1) is 6.92 Å². The molecule has 23 heavy (non-hydrogen) atoms. The summed E-state index contributed by atoms with van der Waals surface area (Å²) in [6.45, 7) is 1.64. The second kappa shape index (κ2) is 6.63. The Hall–Kier alpha value is -0.760. The van der Waals surface area contributed by atoms with Crippen molar-refractivity contribution in [3.05, 3.63) is 28.8 Å². The number of carbonyl (C=O) groups excluding carboxylic acids is 1. The second-order valence-corrected chi connectivity index (χ2v) is 9.62. The molecule has 0 amide bonds. The number of hydrogen-bond donors (Lipinski definition) is 1. The van der Waals surface area contributed by atoms with Gasteiger partial charge in [0.15, 0.2) is 20.9 Å². The Morgan fingerprint density at radius 2 is 1.83 bits per heavy atom.